The molecule has 2 rings (SSSR count). The van der Waals surface area contributed by atoms with Crippen LogP contribution in [0.25, 0.3) is 0 Å². The van der Waals surface area contributed by atoms with Gasteiger partial charge in [0.1, 0.15) is 5.78 Å². The van der Waals surface area contributed by atoms with E-state index in [0.29, 0.717) is 6.42 Å². The Hall–Kier alpha value is -1.70. The third-order valence-electron chi connectivity index (χ3n) is 3.65. The van der Waals surface area contributed by atoms with Gasteiger partial charge in [-0.1, -0.05) is 24.3 Å². The fourth-order valence-electron chi connectivity index (χ4n) is 2.61. The number of rotatable bonds is 5. The number of aliphatic imine (C=N–C) groups is 1. The summed E-state index contributed by atoms with van der Waals surface area (Å²) < 4.78 is 0. The normalized spacial score (nSPS) is 20.8. The van der Waals surface area contributed by atoms with Crippen LogP contribution in [0.4, 0.5) is 5.69 Å². The lowest BCUT2D eigenvalue weighted by Gasteiger charge is -2.26. The molecule has 0 fully saturated rings. The molecule has 2 nitrogen and oxygen atoms in total. The second-order valence-corrected chi connectivity index (χ2v) is 5.08. The zero-order valence-corrected chi connectivity index (χ0v) is 11.1. The van der Waals surface area contributed by atoms with E-state index in [4.69, 9.17) is 0 Å². The monoisotopic (exact) mass is 241 g/mol. The number of nitrogens with zero attached hydrogens (tertiary/aromatic N) is 1. The fraction of sp³-hybridized carbons (Fsp3) is 0.375. The first-order valence-corrected chi connectivity index (χ1v) is 6.35. The summed E-state index contributed by atoms with van der Waals surface area (Å²) in [6, 6.07) is 6.26. The van der Waals surface area contributed by atoms with Gasteiger partial charge in [0.05, 0.1) is 5.69 Å². The average Bonchev–Trinajstić information content (AvgIpc) is 2.69. The third-order valence-corrected chi connectivity index (χ3v) is 3.65. The van der Waals surface area contributed by atoms with Crippen LogP contribution in [0.3, 0.4) is 0 Å². The van der Waals surface area contributed by atoms with E-state index in [1.54, 1.807) is 6.92 Å². The second kappa shape index (κ2) is 4.89. The molecular formula is C16H19NO. The Labute approximate surface area is 108 Å². The number of ketones is 1. The molecule has 94 valence electrons. The van der Waals surface area contributed by atoms with Gasteiger partial charge < -0.3 is 4.79 Å². The maximum atomic E-state index is 11.3. The Bertz CT molecular complexity index is 516. The van der Waals surface area contributed by atoms with E-state index >= 15 is 0 Å². The number of hydrogen-bond donors (Lipinski definition) is 0. The Morgan fingerprint density at radius 2 is 2.28 bits per heavy atom. The SMILES string of the molecule is C=CCC1(CCC(C)=O)C=Nc2c(C)cccc21. The van der Waals surface area contributed by atoms with Gasteiger partial charge in [-0.25, -0.2) is 0 Å². The summed E-state index contributed by atoms with van der Waals surface area (Å²) in [6.45, 7) is 7.56. The highest BCUT2D eigenvalue weighted by molar-refractivity contribution is 5.87. The largest absolute Gasteiger partial charge is 0.300 e. The Morgan fingerprint density at radius 1 is 1.50 bits per heavy atom. The maximum absolute atomic E-state index is 11.3. The molecule has 1 aliphatic rings. The molecule has 0 spiro atoms. The number of para-hydroxylation sites is 1. The quantitative estimate of drug-likeness (QED) is 0.719. The molecule has 0 saturated carbocycles. The number of carbonyl (C=O) groups excluding carboxylic acids is 1. The minimum Gasteiger partial charge on any atom is -0.300 e. The minimum absolute atomic E-state index is 0.130. The Kier molecular flexibility index (Phi) is 3.46. The topological polar surface area (TPSA) is 29.4 Å². The van der Waals surface area contributed by atoms with Crippen molar-refractivity contribution in [2.24, 2.45) is 4.99 Å². The van der Waals surface area contributed by atoms with Gasteiger partial charge in [0.25, 0.3) is 0 Å². The maximum Gasteiger partial charge on any atom is 0.129 e. The van der Waals surface area contributed by atoms with Crippen LogP contribution >= 0.6 is 0 Å². The lowest BCUT2D eigenvalue weighted by molar-refractivity contribution is -0.117. The number of allylic oxidation sites excluding steroid dienone is 1. The summed E-state index contributed by atoms with van der Waals surface area (Å²) in [7, 11) is 0. The third kappa shape index (κ3) is 2.15. The molecule has 0 saturated heterocycles. The van der Waals surface area contributed by atoms with Gasteiger partial charge in [-0.05, 0) is 37.8 Å². The molecule has 1 heterocycles. The summed E-state index contributed by atoms with van der Waals surface area (Å²) in [5.41, 5.74) is 3.37. The second-order valence-electron chi connectivity index (χ2n) is 5.08. The first-order valence-electron chi connectivity index (χ1n) is 6.35. The van der Waals surface area contributed by atoms with Crippen molar-refractivity contribution in [2.45, 2.75) is 38.5 Å². The zero-order valence-electron chi connectivity index (χ0n) is 11.1. The van der Waals surface area contributed by atoms with Crippen molar-refractivity contribution in [3.8, 4) is 0 Å². The van der Waals surface area contributed by atoms with Crippen molar-refractivity contribution in [3.05, 3.63) is 42.0 Å². The van der Waals surface area contributed by atoms with Crippen LogP contribution in [-0.2, 0) is 10.2 Å². The molecule has 1 unspecified atom stereocenters. The molecule has 0 aliphatic carbocycles. The summed E-state index contributed by atoms with van der Waals surface area (Å²) in [6.07, 6.45) is 6.17. The van der Waals surface area contributed by atoms with Crippen LogP contribution in [0.15, 0.2) is 35.8 Å². The molecule has 1 atom stereocenters. The average molecular weight is 241 g/mol. The molecule has 0 N–H and O–H groups in total. The van der Waals surface area contributed by atoms with Crippen LogP contribution in [0, 0.1) is 6.92 Å². The standard InChI is InChI=1S/C16H19NO/c1-4-9-16(10-8-13(3)18)11-17-15-12(2)6-5-7-14(15)16/h4-7,11H,1,8-10H2,2-3H3. The van der Waals surface area contributed by atoms with Crippen molar-refractivity contribution in [3.63, 3.8) is 0 Å². The van der Waals surface area contributed by atoms with Crippen molar-refractivity contribution in [1.82, 2.24) is 0 Å². The van der Waals surface area contributed by atoms with Crippen LogP contribution in [0.2, 0.25) is 0 Å². The van der Waals surface area contributed by atoms with Gasteiger partial charge in [-0.2, -0.15) is 0 Å². The van der Waals surface area contributed by atoms with Crippen molar-refractivity contribution in [1.29, 1.82) is 0 Å². The molecule has 1 aliphatic heterocycles. The number of Topliss-reactive ketones (excluding diaryl/α,β-unsaturated/α-hetero) is 1. The van der Waals surface area contributed by atoms with E-state index in [0.717, 1.165) is 18.5 Å². The number of carbonyl (C=O) groups is 1. The number of hydrogen-bond acceptors (Lipinski definition) is 2. The molecule has 0 bridgehead atoms. The van der Waals surface area contributed by atoms with E-state index < -0.39 is 0 Å². The fourth-order valence-corrected chi connectivity index (χ4v) is 2.61. The predicted molar refractivity (Wildman–Crippen MR) is 75.7 cm³/mol. The van der Waals surface area contributed by atoms with Crippen LogP contribution < -0.4 is 0 Å². The molecule has 0 amide bonds. The van der Waals surface area contributed by atoms with Gasteiger partial charge in [0.15, 0.2) is 0 Å². The number of fused-ring (bicyclic) bond motifs is 1. The molecule has 0 aromatic heterocycles. The first-order chi connectivity index (χ1) is 8.59. The number of benzene rings is 1. The highest BCUT2D eigenvalue weighted by Crippen LogP contribution is 2.44. The smallest absolute Gasteiger partial charge is 0.129 e. The predicted octanol–water partition coefficient (Wildman–Crippen LogP) is 3.89. The van der Waals surface area contributed by atoms with Gasteiger partial charge in [-0.15, -0.1) is 6.58 Å². The molecule has 1 aromatic rings. The molecule has 1 aromatic carbocycles. The van der Waals surface area contributed by atoms with Gasteiger partial charge in [-0.3, -0.25) is 4.99 Å². The Morgan fingerprint density at radius 3 is 2.94 bits per heavy atom. The molecule has 2 heteroatoms. The van der Waals surface area contributed by atoms with E-state index in [-0.39, 0.29) is 11.2 Å². The molecular weight excluding hydrogens is 222 g/mol. The van der Waals surface area contributed by atoms with Crippen LogP contribution in [-0.4, -0.2) is 12.0 Å². The summed E-state index contributed by atoms with van der Waals surface area (Å²) in [4.78, 5) is 15.8. The van der Waals surface area contributed by atoms with Crippen LogP contribution in [0.5, 0.6) is 0 Å². The minimum atomic E-state index is -0.130. The highest BCUT2D eigenvalue weighted by Gasteiger charge is 2.35. The van der Waals surface area contributed by atoms with E-state index in [9.17, 15) is 4.79 Å². The summed E-state index contributed by atoms with van der Waals surface area (Å²) in [5.74, 6) is 0.230. The van der Waals surface area contributed by atoms with Crippen molar-refractivity contribution < 1.29 is 4.79 Å². The number of aryl methyl sites for hydroxylation is 1. The molecule has 0 radical (unpaired) electrons. The van der Waals surface area contributed by atoms with E-state index in [1.165, 1.54) is 11.1 Å². The molecule has 18 heavy (non-hydrogen) atoms. The summed E-state index contributed by atoms with van der Waals surface area (Å²) >= 11 is 0. The van der Waals surface area contributed by atoms with E-state index in [1.807, 2.05) is 12.3 Å². The van der Waals surface area contributed by atoms with Crippen molar-refractivity contribution in [2.75, 3.05) is 0 Å². The lowest BCUT2D eigenvalue weighted by atomic mass is 9.75. The zero-order chi connectivity index (χ0) is 13.2. The van der Waals surface area contributed by atoms with Gasteiger partial charge in [0, 0.05) is 18.1 Å². The van der Waals surface area contributed by atoms with Crippen molar-refractivity contribution >= 4 is 17.7 Å². The highest BCUT2D eigenvalue weighted by atomic mass is 16.1. The van der Waals surface area contributed by atoms with Gasteiger partial charge >= 0.3 is 0 Å². The lowest BCUT2D eigenvalue weighted by Crippen LogP contribution is -2.25. The Balaban J connectivity index is 2.40. The van der Waals surface area contributed by atoms with E-state index in [2.05, 4.69) is 36.7 Å². The summed E-state index contributed by atoms with van der Waals surface area (Å²) in [5, 5.41) is 0. The van der Waals surface area contributed by atoms with Crippen LogP contribution in [0.1, 0.15) is 37.3 Å². The van der Waals surface area contributed by atoms with Gasteiger partial charge in [0.2, 0.25) is 0 Å². The first kappa shape index (κ1) is 12.7.